The van der Waals surface area contributed by atoms with E-state index in [4.69, 9.17) is 5.73 Å². The summed E-state index contributed by atoms with van der Waals surface area (Å²) in [6.45, 7) is 0. The van der Waals surface area contributed by atoms with E-state index in [1.54, 1.807) is 48.5 Å². The first kappa shape index (κ1) is 14.8. The molecule has 23 heavy (non-hydrogen) atoms. The Labute approximate surface area is 132 Å². The fraction of sp³-hybridized carbons (Fsp3) is 0.118. The molecule has 0 fully saturated rings. The van der Waals surface area contributed by atoms with Gasteiger partial charge in [-0.05, 0) is 24.3 Å². The number of nitrogens with two attached hydrogens (primary N) is 1. The first-order valence-corrected chi connectivity index (χ1v) is 7.14. The van der Waals surface area contributed by atoms with Crippen molar-refractivity contribution < 1.29 is 14.4 Å². The summed E-state index contributed by atoms with van der Waals surface area (Å²) in [6, 6.07) is 12.4. The van der Waals surface area contributed by atoms with E-state index in [0.717, 1.165) is 0 Å². The number of benzene rings is 2. The van der Waals surface area contributed by atoms with Crippen molar-refractivity contribution in [3.8, 4) is 0 Å². The SMILES string of the molecule is Nc1ccccc1C(=O)NC1CC(=O)c2ccccc2NC1=O. The molecular weight excluding hydrogens is 294 g/mol. The monoisotopic (exact) mass is 309 g/mol. The molecule has 0 saturated carbocycles. The molecule has 6 heteroatoms. The van der Waals surface area contributed by atoms with Crippen LogP contribution < -0.4 is 16.4 Å². The molecular formula is C17H15N3O3. The summed E-state index contributed by atoms with van der Waals surface area (Å²) in [7, 11) is 0. The molecule has 4 N–H and O–H groups in total. The van der Waals surface area contributed by atoms with Gasteiger partial charge in [-0.3, -0.25) is 14.4 Å². The van der Waals surface area contributed by atoms with Gasteiger partial charge in [-0.2, -0.15) is 0 Å². The number of Topliss-reactive ketones (excluding diaryl/α,β-unsaturated/α-hetero) is 1. The van der Waals surface area contributed by atoms with Gasteiger partial charge in [0.1, 0.15) is 6.04 Å². The van der Waals surface area contributed by atoms with Gasteiger partial charge in [0.2, 0.25) is 5.91 Å². The zero-order valence-corrected chi connectivity index (χ0v) is 12.2. The standard InChI is InChI=1S/C17H15N3O3/c18-12-7-3-1-5-10(12)16(22)20-14-9-15(21)11-6-2-4-8-13(11)19-17(14)23/h1-8,14H,9,18H2,(H,19,23)(H,20,22). The van der Waals surface area contributed by atoms with Gasteiger partial charge in [0.15, 0.2) is 5.78 Å². The van der Waals surface area contributed by atoms with E-state index in [0.29, 0.717) is 16.9 Å². The van der Waals surface area contributed by atoms with Gasteiger partial charge >= 0.3 is 0 Å². The second-order valence-corrected chi connectivity index (χ2v) is 5.28. The van der Waals surface area contributed by atoms with Gasteiger partial charge in [-0.15, -0.1) is 0 Å². The van der Waals surface area contributed by atoms with E-state index >= 15 is 0 Å². The van der Waals surface area contributed by atoms with Gasteiger partial charge in [-0.25, -0.2) is 0 Å². The smallest absolute Gasteiger partial charge is 0.254 e. The number of para-hydroxylation sites is 2. The largest absolute Gasteiger partial charge is 0.398 e. The van der Waals surface area contributed by atoms with Crippen LogP contribution >= 0.6 is 0 Å². The van der Waals surface area contributed by atoms with E-state index < -0.39 is 17.9 Å². The molecule has 1 atom stereocenters. The number of amides is 2. The molecule has 1 aliphatic heterocycles. The predicted molar refractivity (Wildman–Crippen MR) is 86.1 cm³/mol. The molecule has 1 aliphatic rings. The number of fused-ring (bicyclic) bond motifs is 1. The van der Waals surface area contributed by atoms with Crippen molar-refractivity contribution in [2.75, 3.05) is 11.1 Å². The van der Waals surface area contributed by atoms with Crippen molar-refractivity contribution in [1.29, 1.82) is 0 Å². The van der Waals surface area contributed by atoms with Gasteiger partial charge in [0.25, 0.3) is 5.91 Å². The predicted octanol–water partition coefficient (Wildman–Crippen LogP) is 1.59. The molecule has 0 radical (unpaired) electrons. The molecule has 1 unspecified atom stereocenters. The lowest BCUT2D eigenvalue weighted by molar-refractivity contribution is -0.117. The zero-order chi connectivity index (χ0) is 16.4. The Bertz CT molecular complexity index is 801. The van der Waals surface area contributed by atoms with Crippen LogP contribution in [0.3, 0.4) is 0 Å². The van der Waals surface area contributed by atoms with Gasteiger partial charge in [-0.1, -0.05) is 24.3 Å². The highest BCUT2D eigenvalue weighted by atomic mass is 16.2. The Morgan fingerprint density at radius 2 is 1.78 bits per heavy atom. The fourth-order valence-electron chi connectivity index (χ4n) is 2.50. The Morgan fingerprint density at radius 1 is 1.09 bits per heavy atom. The Balaban J connectivity index is 1.82. The minimum atomic E-state index is -0.943. The second-order valence-electron chi connectivity index (χ2n) is 5.28. The molecule has 2 amide bonds. The van der Waals surface area contributed by atoms with Gasteiger partial charge < -0.3 is 16.4 Å². The average Bonchev–Trinajstić information content (AvgIpc) is 2.65. The van der Waals surface area contributed by atoms with Crippen molar-refractivity contribution in [1.82, 2.24) is 5.32 Å². The number of nitrogen functional groups attached to an aromatic ring is 1. The summed E-state index contributed by atoms with van der Waals surface area (Å²) in [4.78, 5) is 36.8. The van der Waals surface area contributed by atoms with Crippen LogP contribution in [0.15, 0.2) is 48.5 Å². The molecule has 2 aromatic rings. The Morgan fingerprint density at radius 3 is 2.57 bits per heavy atom. The summed E-state index contributed by atoms with van der Waals surface area (Å²) in [5, 5.41) is 5.25. The minimum Gasteiger partial charge on any atom is -0.398 e. The zero-order valence-electron chi connectivity index (χ0n) is 12.2. The molecule has 0 aliphatic carbocycles. The molecule has 1 heterocycles. The number of hydrogen-bond donors (Lipinski definition) is 3. The van der Waals surface area contributed by atoms with Crippen LogP contribution in [0, 0.1) is 0 Å². The van der Waals surface area contributed by atoms with E-state index in [1.807, 2.05) is 0 Å². The normalized spacial score (nSPS) is 17.0. The van der Waals surface area contributed by atoms with Crippen LogP contribution in [0.1, 0.15) is 27.1 Å². The summed E-state index contributed by atoms with van der Waals surface area (Å²) in [6.07, 6.45) is -0.0959. The number of anilines is 2. The van der Waals surface area contributed by atoms with E-state index in [1.165, 1.54) is 0 Å². The maximum absolute atomic E-state index is 12.3. The van der Waals surface area contributed by atoms with Crippen LogP contribution in [0.2, 0.25) is 0 Å². The molecule has 0 spiro atoms. The third-order valence-electron chi connectivity index (χ3n) is 3.70. The van der Waals surface area contributed by atoms with Crippen LogP contribution in [0.25, 0.3) is 0 Å². The quantitative estimate of drug-likeness (QED) is 0.733. The van der Waals surface area contributed by atoms with Gasteiger partial charge in [0.05, 0.1) is 11.3 Å². The third-order valence-corrected chi connectivity index (χ3v) is 3.70. The molecule has 0 saturated heterocycles. The molecule has 116 valence electrons. The minimum absolute atomic E-state index is 0.0959. The number of ketones is 1. The fourth-order valence-corrected chi connectivity index (χ4v) is 2.50. The summed E-state index contributed by atoms with van der Waals surface area (Å²) < 4.78 is 0. The topological polar surface area (TPSA) is 101 Å². The third kappa shape index (κ3) is 2.91. The number of carbonyl (C=O) groups excluding carboxylic acids is 3. The number of hydrogen-bond acceptors (Lipinski definition) is 4. The van der Waals surface area contributed by atoms with Crippen LogP contribution in [-0.2, 0) is 4.79 Å². The summed E-state index contributed by atoms with van der Waals surface area (Å²) >= 11 is 0. The lowest BCUT2D eigenvalue weighted by atomic mass is 10.0. The summed E-state index contributed by atoms with van der Waals surface area (Å²) in [5.41, 5.74) is 7.24. The molecule has 0 aromatic heterocycles. The maximum Gasteiger partial charge on any atom is 0.254 e. The molecule has 0 bridgehead atoms. The summed E-state index contributed by atoms with van der Waals surface area (Å²) in [5.74, 6) is -1.11. The second kappa shape index (κ2) is 5.92. The van der Waals surface area contributed by atoms with Crippen molar-refractivity contribution in [3.05, 3.63) is 59.7 Å². The molecule has 6 nitrogen and oxygen atoms in total. The maximum atomic E-state index is 12.3. The number of carbonyl (C=O) groups is 3. The van der Waals surface area contributed by atoms with Crippen LogP contribution in [0.4, 0.5) is 11.4 Å². The van der Waals surface area contributed by atoms with Crippen molar-refractivity contribution >= 4 is 29.0 Å². The van der Waals surface area contributed by atoms with E-state index in [9.17, 15) is 14.4 Å². The average molecular weight is 309 g/mol. The first-order chi connectivity index (χ1) is 11.1. The van der Waals surface area contributed by atoms with Crippen molar-refractivity contribution in [3.63, 3.8) is 0 Å². The lowest BCUT2D eigenvalue weighted by Gasteiger charge is -2.15. The Hall–Kier alpha value is -3.15. The van der Waals surface area contributed by atoms with E-state index in [-0.39, 0.29) is 17.8 Å². The highest BCUT2D eigenvalue weighted by Gasteiger charge is 2.30. The van der Waals surface area contributed by atoms with Crippen LogP contribution in [-0.4, -0.2) is 23.6 Å². The highest BCUT2D eigenvalue weighted by molar-refractivity contribution is 6.12. The van der Waals surface area contributed by atoms with Crippen LogP contribution in [0.5, 0.6) is 0 Å². The number of rotatable bonds is 2. The highest BCUT2D eigenvalue weighted by Crippen LogP contribution is 2.22. The van der Waals surface area contributed by atoms with Gasteiger partial charge in [0, 0.05) is 17.7 Å². The lowest BCUT2D eigenvalue weighted by Crippen LogP contribution is -2.44. The number of nitrogens with one attached hydrogen (secondary N) is 2. The molecule has 3 rings (SSSR count). The Kier molecular flexibility index (Phi) is 3.80. The van der Waals surface area contributed by atoms with E-state index in [2.05, 4.69) is 10.6 Å². The first-order valence-electron chi connectivity index (χ1n) is 7.14. The molecule has 2 aromatic carbocycles. The van der Waals surface area contributed by atoms with Crippen molar-refractivity contribution in [2.24, 2.45) is 0 Å². The van der Waals surface area contributed by atoms with Crippen molar-refractivity contribution in [2.45, 2.75) is 12.5 Å².